The van der Waals surface area contributed by atoms with E-state index in [1.165, 1.54) is 35.6 Å². The highest BCUT2D eigenvalue weighted by atomic mass is 32.2. The summed E-state index contributed by atoms with van der Waals surface area (Å²) < 4.78 is 28.0. The fourth-order valence-corrected chi connectivity index (χ4v) is 4.93. The number of aromatic nitrogens is 2. The standard InChI is InChI=1S/C18H18N4O3S3/c1-2-12-26-18-21-20-17(27-18)19-16(23)13-8-10-14(11-9-13)22-28(24,25)15-6-4-3-5-7-15/h3-11,22H,2,12H2,1H3,(H,19,20,23). The number of rotatable bonds is 8. The Hall–Kier alpha value is -2.43. The van der Waals surface area contributed by atoms with E-state index in [1.54, 1.807) is 42.1 Å². The van der Waals surface area contributed by atoms with Crippen LogP contribution < -0.4 is 10.0 Å². The summed E-state index contributed by atoms with van der Waals surface area (Å²) in [6.45, 7) is 2.08. The first-order chi connectivity index (χ1) is 13.5. The number of thioether (sulfide) groups is 1. The Morgan fingerprint density at radius 1 is 1.07 bits per heavy atom. The van der Waals surface area contributed by atoms with Crippen LogP contribution in [0.5, 0.6) is 0 Å². The van der Waals surface area contributed by atoms with Gasteiger partial charge >= 0.3 is 0 Å². The number of nitrogens with one attached hydrogen (secondary N) is 2. The van der Waals surface area contributed by atoms with Gasteiger partial charge in [-0.15, -0.1) is 10.2 Å². The SMILES string of the molecule is CCCSc1nnc(NC(=O)c2ccc(NS(=O)(=O)c3ccccc3)cc2)s1. The molecule has 1 aromatic heterocycles. The summed E-state index contributed by atoms with van der Waals surface area (Å²) in [5.41, 5.74) is 0.759. The molecule has 28 heavy (non-hydrogen) atoms. The van der Waals surface area contributed by atoms with Crippen molar-refractivity contribution in [3.63, 3.8) is 0 Å². The molecule has 3 rings (SSSR count). The average Bonchev–Trinajstić information content (AvgIpc) is 3.14. The molecule has 0 aliphatic rings. The molecule has 0 aliphatic carbocycles. The maximum Gasteiger partial charge on any atom is 0.261 e. The third-order valence-corrected chi connectivity index (χ3v) is 7.08. The molecule has 7 nitrogen and oxygen atoms in total. The molecule has 0 saturated carbocycles. The van der Waals surface area contributed by atoms with Crippen LogP contribution in [0, 0.1) is 0 Å². The molecule has 10 heteroatoms. The molecule has 0 bridgehead atoms. The highest BCUT2D eigenvalue weighted by molar-refractivity contribution is 8.01. The van der Waals surface area contributed by atoms with Crippen LogP contribution in [0.1, 0.15) is 23.7 Å². The number of sulfonamides is 1. The van der Waals surface area contributed by atoms with Crippen LogP contribution in [0.3, 0.4) is 0 Å². The fourth-order valence-electron chi connectivity index (χ4n) is 2.18. The van der Waals surface area contributed by atoms with Crippen LogP contribution in [-0.2, 0) is 10.0 Å². The zero-order valence-electron chi connectivity index (χ0n) is 15.0. The molecular formula is C18H18N4O3S3. The Balaban J connectivity index is 1.63. The molecule has 2 aromatic carbocycles. The molecule has 1 heterocycles. The predicted octanol–water partition coefficient (Wildman–Crippen LogP) is 4.09. The summed E-state index contributed by atoms with van der Waals surface area (Å²) in [4.78, 5) is 12.5. The minimum atomic E-state index is -3.67. The summed E-state index contributed by atoms with van der Waals surface area (Å²) in [6, 6.07) is 14.3. The number of amides is 1. The van der Waals surface area contributed by atoms with Gasteiger partial charge < -0.3 is 0 Å². The quantitative estimate of drug-likeness (QED) is 0.409. The van der Waals surface area contributed by atoms with Crippen molar-refractivity contribution < 1.29 is 13.2 Å². The zero-order valence-corrected chi connectivity index (χ0v) is 17.4. The maximum atomic E-state index is 12.3. The van der Waals surface area contributed by atoms with E-state index in [-0.39, 0.29) is 10.8 Å². The van der Waals surface area contributed by atoms with Crippen molar-refractivity contribution >= 4 is 49.8 Å². The monoisotopic (exact) mass is 434 g/mol. The second-order valence-electron chi connectivity index (χ2n) is 5.67. The van der Waals surface area contributed by atoms with Gasteiger partial charge in [0.2, 0.25) is 5.13 Å². The molecule has 146 valence electrons. The van der Waals surface area contributed by atoms with Crippen molar-refractivity contribution in [2.45, 2.75) is 22.6 Å². The maximum absolute atomic E-state index is 12.3. The highest BCUT2D eigenvalue weighted by Gasteiger charge is 2.14. The van der Waals surface area contributed by atoms with Gasteiger partial charge in [0.1, 0.15) is 0 Å². The molecule has 0 fully saturated rings. The minimum absolute atomic E-state index is 0.171. The molecular weight excluding hydrogens is 416 g/mol. The lowest BCUT2D eigenvalue weighted by molar-refractivity contribution is 0.102. The molecule has 3 aromatic rings. The second kappa shape index (κ2) is 9.18. The molecule has 0 aliphatic heterocycles. The van der Waals surface area contributed by atoms with Crippen molar-refractivity contribution in [3.8, 4) is 0 Å². The Kier molecular flexibility index (Phi) is 6.65. The van der Waals surface area contributed by atoms with E-state index in [9.17, 15) is 13.2 Å². The third-order valence-electron chi connectivity index (χ3n) is 3.51. The van der Waals surface area contributed by atoms with Gasteiger partial charge in [-0.1, -0.05) is 48.2 Å². The van der Waals surface area contributed by atoms with Crippen LogP contribution >= 0.6 is 23.1 Å². The first-order valence-corrected chi connectivity index (χ1v) is 11.7. The van der Waals surface area contributed by atoms with E-state index in [2.05, 4.69) is 27.2 Å². The zero-order chi connectivity index (χ0) is 20.0. The first kappa shape index (κ1) is 20.3. The Morgan fingerprint density at radius 2 is 1.79 bits per heavy atom. The van der Waals surface area contributed by atoms with Gasteiger partial charge in [-0.2, -0.15) is 0 Å². The molecule has 2 N–H and O–H groups in total. The van der Waals surface area contributed by atoms with Gasteiger partial charge in [0.25, 0.3) is 15.9 Å². The topological polar surface area (TPSA) is 101 Å². The van der Waals surface area contributed by atoms with Gasteiger partial charge in [0, 0.05) is 17.0 Å². The van der Waals surface area contributed by atoms with Gasteiger partial charge in [-0.05, 0) is 42.8 Å². The van der Waals surface area contributed by atoms with Crippen molar-refractivity contribution in [1.29, 1.82) is 0 Å². The number of carbonyl (C=O) groups is 1. The van der Waals surface area contributed by atoms with Crippen LogP contribution in [-0.4, -0.2) is 30.3 Å². The van der Waals surface area contributed by atoms with Crippen molar-refractivity contribution in [1.82, 2.24) is 10.2 Å². The largest absolute Gasteiger partial charge is 0.296 e. The fraction of sp³-hybridized carbons (Fsp3) is 0.167. The lowest BCUT2D eigenvalue weighted by Gasteiger charge is -2.08. The lowest BCUT2D eigenvalue weighted by atomic mass is 10.2. The molecule has 0 saturated heterocycles. The van der Waals surface area contributed by atoms with Crippen molar-refractivity contribution in [2.24, 2.45) is 0 Å². The molecule has 0 unspecified atom stereocenters. The van der Waals surface area contributed by atoms with Crippen LogP contribution in [0.2, 0.25) is 0 Å². The summed E-state index contributed by atoms with van der Waals surface area (Å²) in [5, 5.41) is 11.1. The summed E-state index contributed by atoms with van der Waals surface area (Å²) in [6.07, 6.45) is 1.03. The van der Waals surface area contributed by atoms with E-state index < -0.39 is 10.0 Å². The highest BCUT2D eigenvalue weighted by Crippen LogP contribution is 2.26. The van der Waals surface area contributed by atoms with E-state index >= 15 is 0 Å². The first-order valence-electron chi connectivity index (χ1n) is 8.43. The number of hydrogen-bond donors (Lipinski definition) is 2. The van der Waals surface area contributed by atoms with Gasteiger partial charge in [-0.25, -0.2) is 8.42 Å². The second-order valence-corrected chi connectivity index (χ2v) is 9.67. The summed E-state index contributed by atoms with van der Waals surface area (Å²) in [5.74, 6) is 0.615. The number of hydrogen-bond acceptors (Lipinski definition) is 7. The van der Waals surface area contributed by atoms with E-state index in [0.717, 1.165) is 16.5 Å². The van der Waals surface area contributed by atoms with E-state index in [4.69, 9.17) is 0 Å². The van der Waals surface area contributed by atoms with Crippen LogP contribution in [0.15, 0.2) is 63.8 Å². The van der Waals surface area contributed by atoms with Crippen LogP contribution in [0.4, 0.5) is 10.8 Å². The van der Waals surface area contributed by atoms with Gasteiger partial charge in [0.15, 0.2) is 4.34 Å². The number of anilines is 2. The lowest BCUT2D eigenvalue weighted by Crippen LogP contribution is -2.14. The molecule has 0 spiro atoms. The number of benzene rings is 2. The predicted molar refractivity (Wildman–Crippen MR) is 113 cm³/mol. The Morgan fingerprint density at radius 3 is 2.46 bits per heavy atom. The van der Waals surface area contributed by atoms with Gasteiger partial charge in [-0.3, -0.25) is 14.8 Å². The molecule has 1 amide bonds. The van der Waals surface area contributed by atoms with Crippen molar-refractivity contribution in [2.75, 3.05) is 15.8 Å². The van der Waals surface area contributed by atoms with E-state index in [1.807, 2.05) is 0 Å². The molecule has 0 radical (unpaired) electrons. The summed E-state index contributed by atoms with van der Waals surface area (Å²) >= 11 is 2.92. The average molecular weight is 435 g/mol. The summed E-state index contributed by atoms with van der Waals surface area (Å²) in [7, 11) is -3.67. The molecule has 0 atom stereocenters. The number of nitrogens with zero attached hydrogens (tertiary/aromatic N) is 2. The Bertz CT molecular complexity index is 1040. The smallest absolute Gasteiger partial charge is 0.261 e. The van der Waals surface area contributed by atoms with Gasteiger partial charge in [0.05, 0.1) is 4.90 Å². The van der Waals surface area contributed by atoms with Crippen molar-refractivity contribution in [3.05, 3.63) is 60.2 Å². The third kappa shape index (κ3) is 5.31. The Labute approximate surface area is 171 Å². The minimum Gasteiger partial charge on any atom is -0.296 e. The number of carbonyl (C=O) groups excluding carboxylic acids is 1. The van der Waals surface area contributed by atoms with E-state index in [0.29, 0.717) is 16.4 Å². The van der Waals surface area contributed by atoms with Crippen LogP contribution in [0.25, 0.3) is 0 Å². The normalized spacial score (nSPS) is 11.2.